The van der Waals surface area contributed by atoms with E-state index in [-0.39, 0.29) is 6.04 Å². The monoisotopic (exact) mass is 252 g/mol. The molecule has 0 heterocycles. The Morgan fingerprint density at radius 3 is 2.74 bits per heavy atom. The predicted octanol–water partition coefficient (Wildman–Crippen LogP) is 3.16. The van der Waals surface area contributed by atoms with E-state index in [2.05, 4.69) is 6.07 Å². The van der Waals surface area contributed by atoms with Gasteiger partial charge in [0, 0.05) is 6.04 Å². The summed E-state index contributed by atoms with van der Waals surface area (Å²) in [6, 6.07) is 17.3. The molecule has 0 aromatic heterocycles. The highest BCUT2D eigenvalue weighted by atomic mass is 16.5. The van der Waals surface area contributed by atoms with E-state index in [1.165, 1.54) is 0 Å². The van der Waals surface area contributed by atoms with Gasteiger partial charge in [0.25, 0.3) is 0 Å². The molecule has 19 heavy (non-hydrogen) atoms. The highest BCUT2D eigenvalue weighted by molar-refractivity contribution is 5.33. The summed E-state index contributed by atoms with van der Waals surface area (Å²) >= 11 is 0. The number of benzene rings is 2. The molecule has 0 fully saturated rings. The van der Waals surface area contributed by atoms with Gasteiger partial charge in [-0.2, -0.15) is 5.26 Å². The second-order valence-electron chi connectivity index (χ2n) is 4.46. The van der Waals surface area contributed by atoms with Gasteiger partial charge in [0.15, 0.2) is 0 Å². The van der Waals surface area contributed by atoms with Crippen LogP contribution in [0.2, 0.25) is 0 Å². The Morgan fingerprint density at radius 1 is 1.21 bits per heavy atom. The first-order chi connectivity index (χ1) is 9.19. The smallest absolute Gasteiger partial charge is 0.120 e. The standard InChI is InChI=1S/C16H16N2O/c1-12(18)15-6-3-7-16(9-15)19-11-14-5-2-4-13(8-14)10-17/h2-9,12H,11,18H2,1H3. The molecule has 2 N–H and O–H groups in total. The summed E-state index contributed by atoms with van der Waals surface area (Å²) in [7, 11) is 0. The number of nitrogens with two attached hydrogens (primary N) is 1. The summed E-state index contributed by atoms with van der Waals surface area (Å²) in [4.78, 5) is 0. The Labute approximate surface area is 113 Å². The molecule has 2 rings (SSSR count). The van der Waals surface area contributed by atoms with Crippen LogP contribution in [0.3, 0.4) is 0 Å². The second-order valence-corrected chi connectivity index (χ2v) is 4.46. The van der Waals surface area contributed by atoms with Gasteiger partial charge in [0.05, 0.1) is 11.6 Å². The number of hydrogen-bond donors (Lipinski definition) is 1. The van der Waals surface area contributed by atoms with Crippen molar-refractivity contribution in [3.63, 3.8) is 0 Å². The highest BCUT2D eigenvalue weighted by Gasteiger charge is 2.02. The number of ether oxygens (including phenoxy) is 1. The fourth-order valence-corrected chi connectivity index (χ4v) is 1.78. The van der Waals surface area contributed by atoms with Crippen LogP contribution in [0.5, 0.6) is 5.75 Å². The summed E-state index contributed by atoms with van der Waals surface area (Å²) in [6.45, 7) is 2.38. The van der Waals surface area contributed by atoms with Gasteiger partial charge in [-0.1, -0.05) is 24.3 Å². The van der Waals surface area contributed by atoms with Crippen LogP contribution in [0.4, 0.5) is 0 Å². The van der Waals surface area contributed by atoms with Gasteiger partial charge in [-0.05, 0) is 42.3 Å². The average Bonchev–Trinajstić information content (AvgIpc) is 2.45. The molecule has 96 valence electrons. The van der Waals surface area contributed by atoms with Crippen molar-refractivity contribution >= 4 is 0 Å². The fraction of sp³-hybridized carbons (Fsp3) is 0.188. The maximum atomic E-state index is 8.84. The molecular formula is C16H16N2O. The Bertz CT molecular complexity index is 600. The molecular weight excluding hydrogens is 236 g/mol. The molecule has 0 radical (unpaired) electrons. The van der Waals surface area contributed by atoms with Crippen molar-refractivity contribution in [3.05, 3.63) is 65.2 Å². The van der Waals surface area contributed by atoms with E-state index in [9.17, 15) is 0 Å². The van der Waals surface area contributed by atoms with Crippen molar-refractivity contribution in [3.8, 4) is 11.8 Å². The third-order valence-corrected chi connectivity index (χ3v) is 2.85. The largest absolute Gasteiger partial charge is 0.489 e. The lowest BCUT2D eigenvalue weighted by molar-refractivity contribution is 0.305. The van der Waals surface area contributed by atoms with E-state index < -0.39 is 0 Å². The molecule has 2 aromatic carbocycles. The van der Waals surface area contributed by atoms with Crippen molar-refractivity contribution < 1.29 is 4.74 Å². The van der Waals surface area contributed by atoms with Gasteiger partial charge in [-0.15, -0.1) is 0 Å². The van der Waals surface area contributed by atoms with Gasteiger partial charge in [-0.25, -0.2) is 0 Å². The lowest BCUT2D eigenvalue weighted by Gasteiger charge is -2.10. The van der Waals surface area contributed by atoms with Crippen LogP contribution in [-0.4, -0.2) is 0 Å². The van der Waals surface area contributed by atoms with Gasteiger partial charge in [-0.3, -0.25) is 0 Å². The maximum Gasteiger partial charge on any atom is 0.120 e. The van der Waals surface area contributed by atoms with Crippen LogP contribution >= 0.6 is 0 Å². The molecule has 0 bridgehead atoms. The minimum absolute atomic E-state index is 0.00883. The van der Waals surface area contributed by atoms with Crippen molar-refractivity contribution in [2.75, 3.05) is 0 Å². The minimum Gasteiger partial charge on any atom is -0.489 e. The maximum absolute atomic E-state index is 8.84. The van der Waals surface area contributed by atoms with Gasteiger partial charge < -0.3 is 10.5 Å². The molecule has 3 heteroatoms. The second kappa shape index (κ2) is 6.03. The molecule has 0 amide bonds. The van der Waals surface area contributed by atoms with Gasteiger partial charge in [0.2, 0.25) is 0 Å². The summed E-state index contributed by atoms with van der Waals surface area (Å²) in [6.07, 6.45) is 0. The van der Waals surface area contributed by atoms with Crippen LogP contribution in [0.25, 0.3) is 0 Å². The van der Waals surface area contributed by atoms with Crippen LogP contribution in [0.1, 0.15) is 29.7 Å². The Morgan fingerprint density at radius 2 is 2.00 bits per heavy atom. The van der Waals surface area contributed by atoms with Gasteiger partial charge >= 0.3 is 0 Å². The molecule has 0 aliphatic rings. The summed E-state index contributed by atoms with van der Waals surface area (Å²) < 4.78 is 5.72. The molecule has 1 unspecified atom stereocenters. The zero-order chi connectivity index (χ0) is 13.7. The molecule has 3 nitrogen and oxygen atoms in total. The van der Waals surface area contributed by atoms with E-state index in [4.69, 9.17) is 15.7 Å². The quantitative estimate of drug-likeness (QED) is 0.909. The van der Waals surface area contributed by atoms with E-state index in [0.717, 1.165) is 16.9 Å². The topological polar surface area (TPSA) is 59.0 Å². The molecule has 1 atom stereocenters. The number of nitrogens with zero attached hydrogens (tertiary/aromatic N) is 1. The third-order valence-electron chi connectivity index (χ3n) is 2.85. The summed E-state index contributed by atoms with van der Waals surface area (Å²) in [5, 5.41) is 8.84. The Balaban J connectivity index is 2.06. The number of hydrogen-bond acceptors (Lipinski definition) is 3. The van der Waals surface area contributed by atoms with Gasteiger partial charge in [0.1, 0.15) is 12.4 Å². The van der Waals surface area contributed by atoms with Crippen molar-refractivity contribution in [2.45, 2.75) is 19.6 Å². The highest BCUT2D eigenvalue weighted by Crippen LogP contribution is 2.18. The van der Waals surface area contributed by atoms with E-state index in [1.807, 2.05) is 49.4 Å². The SMILES string of the molecule is CC(N)c1cccc(OCc2cccc(C#N)c2)c1. The predicted molar refractivity (Wildman–Crippen MR) is 74.5 cm³/mol. The van der Waals surface area contributed by atoms with E-state index >= 15 is 0 Å². The van der Waals surface area contributed by atoms with Crippen molar-refractivity contribution in [1.82, 2.24) is 0 Å². The van der Waals surface area contributed by atoms with Crippen LogP contribution in [0, 0.1) is 11.3 Å². The summed E-state index contributed by atoms with van der Waals surface area (Å²) in [5.74, 6) is 0.789. The molecule has 0 aliphatic carbocycles. The number of rotatable bonds is 4. The molecule has 0 aliphatic heterocycles. The average molecular weight is 252 g/mol. The first-order valence-corrected chi connectivity index (χ1v) is 6.16. The molecule has 0 saturated heterocycles. The van der Waals surface area contributed by atoms with Crippen LogP contribution < -0.4 is 10.5 Å². The zero-order valence-electron chi connectivity index (χ0n) is 10.8. The fourth-order valence-electron chi connectivity index (χ4n) is 1.78. The first kappa shape index (κ1) is 13.1. The van der Waals surface area contributed by atoms with Crippen molar-refractivity contribution in [2.24, 2.45) is 5.73 Å². The third kappa shape index (κ3) is 3.57. The Kier molecular flexibility index (Phi) is 4.17. The minimum atomic E-state index is -0.00883. The van der Waals surface area contributed by atoms with Crippen LogP contribution in [-0.2, 0) is 6.61 Å². The Hall–Kier alpha value is -2.31. The van der Waals surface area contributed by atoms with Crippen LogP contribution in [0.15, 0.2) is 48.5 Å². The lowest BCUT2D eigenvalue weighted by Crippen LogP contribution is -2.05. The van der Waals surface area contributed by atoms with E-state index in [0.29, 0.717) is 12.2 Å². The first-order valence-electron chi connectivity index (χ1n) is 6.16. The summed E-state index contributed by atoms with van der Waals surface area (Å²) in [5.41, 5.74) is 8.50. The molecule has 0 spiro atoms. The van der Waals surface area contributed by atoms with Crippen molar-refractivity contribution in [1.29, 1.82) is 5.26 Å². The number of nitriles is 1. The lowest BCUT2D eigenvalue weighted by atomic mass is 10.1. The normalized spacial score (nSPS) is 11.6. The molecule has 0 saturated carbocycles. The van der Waals surface area contributed by atoms with E-state index in [1.54, 1.807) is 6.07 Å². The zero-order valence-corrected chi connectivity index (χ0v) is 10.8. The molecule has 2 aromatic rings.